The zero-order chi connectivity index (χ0) is 13.2. The van der Waals surface area contributed by atoms with Crippen molar-refractivity contribution in [1.82, 2.24) is 15.2 Å². The average Bonchev–Trinajstić information content (AvgIpc) is 2.88. The summed E-state index contributed by atoms with van der Waals surface area (Å²) in [6.07, 6.45) is 3.61. The fourth-order valence-corrected chi connectivity index (χ4v) is 2.31. The van der Waals surface area contributed by atoms with Crippen molar-refractivity contribution in [3.8, 4) is 22.4 Å². The Labute approximate surface area is 116 Å². The van der Waals surface area contributed by atoms with Gasteiger partial charge in [0.2, 0.25) is 0 Å². The third-order valence-corrected chi connectivity index (χ3v) is 3.28. The van der Waals surface area contributed by atoms with Crippen LogP contribution < -0.4 is 0 Å². The van der Waals surface area contributed by atoms with Crippen LogP contribution in [0.15, 0.2) is 48.8 Å². The summed E-state index contributed by atoms with van der Waals surface area (Å²) in [5, 5.41) is 7.90. The Kier molecular flexibility index (Phi) is 3.05. The van der Waals surface area contributed by atoms with E-state index in [0.717, 1.165) is 28.1 Å². The first-order valence-electron chi connectivity index (χ1n) is 5.97. The molecule has 3 rings (SSSR count). The van der Waals surface area contributed by atoms with Gasteiger partial charge in [0.15, 0.2) is 0 Å². The lowest BCUT2D eigenvalue weighted by molar-refractivity contribution is 1.10. The van der Waals surface area contributed by atoms with E-state index in [1.165, 1.54) is 0 Å². The summed E-state index contributed by atoms with van der Waals surface area (Å²) in [6.45, 7) is 1.99. The van der Waals surface area contributed by atoms with E-state index < -0.39 is 0 Å². The Morgan fingerprint density at radius 3 is 2.79 bits per heavy atom. The number of pyridine rings is 1. The van der Waals surface area contributed by atoms with Gasteiger partial charge in [-0.25, -0.2) is 0 Å². The van der Waals surface area contributed by atoms with Crippen LogP contribution in [0.3, 0.4) is 0 Å². The van der Waals surface area contributed by atoms with Crippen molar-refractivity contribution in [1.29, 1.82) is 0 Å². The lowest BCUT2D eigenvalue weighted by atomic mass is 10.0. The van der Waals surface area contributed by atoms with Gasteiger partial charge in [-0.2, -0.15) is 5.10 Å². The molecule has 2 heterocycles. The molecule has 0 radical (unpaired) electrons. The van der Waals surface area contributed by atoms with Crippen molar-refractivity contribution in [3.63, 3.8) is 0 Å². The number of aromatic nitrogens is 3. The number of benzene rings is 1. The molecule has 0 amide bonds. The van der Waals surface area contributed by atoms with Gasteiger partial charge in [-0.1, -0.05) is 29.8 Å². The predicted octanol–water partition coefficient (Wildman–Crippen LogP) is 4.10. The molecule has 4 heteroatoms. The number of hydrogen-bond donors (Lipinski definition) is 1. The van der Waals surface area contributed by atoms with Crippen LogP contribution in [-0.4, -0.2) is 15.2 Å². The molecule has 19 heavy (non-hydrogen) atoms. The van der Waals surface area contributed by atoms with Gasteiger partial charge in [-0.15, -0.1) is 0 Å². The number of H-pyrrole nitrogens is 1. The second-order valence-corrected chi connectivity index (χ2v) is 4.74. The maximum Gasteiger partial charge on any atom is 0.0729 e. The lowest BCUT2D eigenvalue weighted by Gasteiger charge is -2.06. The molecule has 0 saturated heterocycles. The summed E-state index contributed by atoms with van der Waals surface area (Å²) in [5.74, 6) is 0. The van der Waals surface area contributed by atoms with Crippen LogP contribution in [0.1, 0.15) is 5.69 Å². The maximum absolute atomic E-state index is 6.04. The third-order valence-electron chi connectivity index (χ3n) is 3.05. The van der Waals surface area contributed by atoms with Crippen LogP contribution in [0.2, 0.25) is 5.02 Å². The minimum Gasteiger partial charge on any atom is -0.277 e. The topological polar surface area (TPSA) is 41.6 Å². The summed E-state index contributed by atoms with van der Waals surface area (Å²) >= 11 is 6.04. The first-order valence-corrected chi connectivity index (χ1v) is 6.35. The molecule has 0 aliphatic carbocycles. The van der Waals surface area contributed by atoms with E-state index in [0.29, 0.717) is 5.02 Å². The standard InChI is InChI=1S/C15H12ClN3/c1-10-13(6-3-7-17-10)14-9-18-19-15(14)11-4-2-5-12(16)8-11/h2-9H,1H3,(H,18,19). The number of aryl methyl sites for hydroxylation is 1. The molecule has 0 aliphatic rings. The van der Waals surface area contributed by atoms with Crippen molar-refractivity contribution in [3.05, 3.63) is 59.5 Å². The molecule has 0 saturated carbocycles. The van der Waals surface area contributed by atoms with Crippen molar-refractivity contribution < 1.29 is 0 Å². The normalized spacial score (nSPS) is 10.6. The van der Waals surface area contributed by atoms with E-state index in [1.54, 1.807) is 6.20 Å². The molecule has 3 nitrogen and oxygen atoms in total. The second kappa shape index (κ2) is 4.86. The summed E-state index contributed by atoms with van der Waals surface area (Å²) in [5.41, 5.74) is 5.06. The SMILES string of the molecule is Cc1ncccc1-c1cn[nH]c1-c1cccc(Cl)c1. The lowest BCUT2D eigenvalue weighted by Crippen LogP contribution is -1.88. The maximum atomic E-state index is 6.04. The quantitative estimate of drug-likeness (QED) is 0.761. The van der Waals surface area contributed by atoms with E-state index in [9.17, 15) is 0 Å². The zero-order valence-electron chi connectivity index (χ0n) is 10.4. The van der Waals surface area contributed by atoms with E-state index >= 15 is 0 Å². The van der Waals surface area contributed by atoms with Gasteiger partial charge in [0, 0.05) is 33.6 Å². The highest BCUT2D eigenvalue weighted by Crippen LogP contribution is 2.32. The predicted molar refractivity (Wildman–Crippen MR) is 77.0 cm³/mol. The van der Waals surface area contributed by atoms with Crippen LogP contribution in [0.4, 0.5) is 0 Å². The first-order chi connectivity index (χ1) is 9.25. The van der Waals surface area contributed by atoms with Crippen molar-refractivity contribution in [2.24, 2.45) is 0 Å². The third kappa shape index (κ3) is 2.25. The number of halogens is 1. The molecule has 1 aromatic carbocycles. The molecular weight excluding hydrogens is 258 g/mol. The van der Waals surface area contributed by atoms with E-state index in [4.69, 9.17) is 11.6 Å². The molecule has 0 unspecified atom stereocenters. The smallest absolute Gasteiger partial charge is 0.0729 e. The Bertz CT molecular complexity index is 719. The van der Waals surface area contributed by atoms with Gasteiger partial charge in [0.25, 0.3) is 0 Å². The van der Waals surface area contributed by atoms with Gasteiger partial charge in [-0.05, 0) is 25.1 Å². The van der Waals surface area contributed by atoms with Crippen molar-refractivity contribution >= 4 is 11.6 Å². The Morgan fingerprint density at radius 1 is 1.11 bits per heavy atom. The van der Waals surface area contributed by atoms with Gasteiger partial charge in [0.05, 0.1) is 11.9 Å². The molecule has 0 bridgehead atoms. The number of aromatic amines is 1. The van der Waals surface area contributed by atoms with Gasteiger partial charge in [-0.3, -0.25) is 10.1 Å². The summed E-state index contributed by atoms with van der Waals surface area (Å²) in [4.78, 5) is 4.32. The van der Waals surface area contributed by atoms with Crippen molar-refractivity contribution in [2.45, 2.75) is 6.92 Å². The summed E-state index contributed by atoms with van der Waals surface area (Å²) in [7, 11) is 0. The first kappa shape index (κ1) is 11.9. The minimum atomic E-state index is 0.709. The van der Waals surface area contributed by atoms with Gasteiger partial charge in [0.1, 0.15) is 0 Å². The van der Waals surface area contributed by atoms with E-state index in [2.05, 4.69) is 15.2 Å². The van der Waals surface area contributed by atoms with Crippen LogP contribution >= 0.6 is 11.6 Å². The van der Waals surface area contributed by atoms with E-state index in [-0.39, 0.29) is 0 Å². The fourth-order valence-electron chi connectivity index (χ4n) is 2.12. The number of hydrogen-bond acceptors (Lipinski definition) is 2. The highest BCUT2D eigenvalue weighted by molar-refractivity contribution is 6.30. The van der Waals surface area contributed by atoms with Crippen LogP contribution in [0, 0.1) is 6.92 Å². The van der Waals surface area contributed by atoms with E-state index in [1.807, 2.05) is 49.5 Å². The summed E-state index contributed by atoms with van der Waals surface area (Å²) < 4.78 is 0. The number of nitrogens with zero attached hydrogens (tertiary/aromatic N) is 2. The highest BCUT2D eigenvalue weighted by Gasteiger charge is 2.12. The van der Waals surface area contributed by atoms with Crippen LogP contribution in [0.25, 0.3) is 22.4 Å². The van der Waals surface area contributed by atoms with Gasteiger partial charge < -0.3 is 0 Å². The molecule has 0 spiro atoms. The molecule has 0 atom stereocenters. The Hall–Kier alpha value is -2.13. The summed E-state index contributed by atoms with van der Waals surface area (Å²) in [6, 6.07) is 11.7. The molecular formula is C15H12ClN3. The molecule has 2 aromatic heterocycles. The highest BCUT2D eigenvalue weighted by atomic mass is 35.5. The molecule has 94 valence electrons. The molecule has 1 N–H and O–H groups in total. The molecule has 3 aromatic rings. The second-order valence-electron chi connectivity index (χ2n) is 4.31. The van der Waals surface area contributed by atoms with Crippen LogP contribution in [0.5, 0.6) is 0 Å². The number of rotatable bonds is 2. The monoisotopic (exact) mass is 269 g/mol. The Morgan fingerprint density at radius 2 is 2.00 bits per heavy atom. The molecule has 0 fully saturated rings. The van der Waals surface area contributed by atoms with Gasteiger partial charge >= 0.3 is 0 Å². The largest absolute Gasteiger partial charge is 0.277 e. The zero-order valence-corrected chi connectivity index (χ0v) is 11.1. The number of nitrogens with one attached hydrogen (secondary N) is 1. The van der Waals surface area contributed by atoms with Crippen LogP contribution in [-0.2, 0) is 0 Å². The Balaban J connectivity index is 2.16. The molecule has 0 aliphatic heterocycles. The minimum absolute atomic E-state index is 0.709. The average molecular weight is 270 g/mol. The van der Waals surface area contributed by atoms with Crippen molar-refractivity contribution in [2.75, 3.05) is 0 Å². The fraction of sp³-hybridized carbons (Fsp3) is 0.0667.